The van der Waals surface area contributed by atoms with Gasteiger partial charge in [-0.25, -0.2) is 9.97 Å². The van der Waals surface area contributed by atoms with Gasteiger partial charge in [-0.05, 0) is 98.2 Å². The number of carboxylic acids is 1. The van der Waals surface area contributed by atoms with E-state index >= 15 is 0 Å². The van der Waals surface area contributed by atoms with Crippen LogP contribution in [0.1, 0.15) is 77.2 Å². The van der Waals surface area contributed by atoms with Crippen LogP contribution >= 0.6 is 11.6 Å². The lowest BCUT2D eigenvalue weighted by Gasteiger charge is -2.33. The highest BCUT2D eigenvalue weighted by Crippen LogP contribution is 2.41. The average molecular weight is 788 g/mol. The number of imidazole rings is 1. The molecule has 5 aromatic rings. The molecule has 4 aliphatic rings. The van der Waals surface area contributed by atoms with Crippen molar-refractivity contribution in [2.24, 2.45) is 24.8 Å². The molecule has 0 radical (unpaired) electrons. The maximum atomic E-state index is 13.8. The van der Waals surface area contributed by atoms with E-state index in [4.69, 9.17) is 26.0 Å². The SMILES string of the molecule is Cc1c(-c2nc3cc(CN4CC5CC4CC5O)cc(C#N)c3o2)cccc1-c1cccc(NC(=O)c2nc3c(n2C)CCN(CC2CCC(C(=O)O)CC2)C3)c1Cl. The number of aliphatic hydroxyl groups is 1. The lowest BCUT2D eigenvalue weighted by molar-refractivity contribution is -0.143. The van der Waals surface area contributed by atoms with Crippen molar-refractivity contribution < 1.29 is 24.2 Å². The van der Waals surface area contributed by atoms with Crippen LogP contribution in [0.15, 0.2) is 52.9 Å². The molecule has 1 amide bonds. The number of nitriles is 1. The number of aliphatic hydroxyl groups excluding tert-OH is 1. The van der Waals surface area contributed by atoms with Crippen LogP contribution in [0.3, 0.4) is 0 Å². The number of hydrogen-bond acceptors (Lipinski definition) is 9. The number of rotatable bonds is 9. The number of aliphatic carboxylic acids is 1. The average Bonchev–Trinajstić information content (AvgIpc) is 3.98. The van der Waals surface area contributed by atoms with E-state index in [2.05, 4.69) is 21.2 Å². The molecule has 2 saturated carbocycles. The van der Waals surface area contributed by atoms with Gasteiger partial charge in [0.05, 0.1) is 34.0 Å². The Balaban J connectivity index is 0.918. The van der Waals surface area contributed by atoms with Gasteiger partial charge in [-0.2, -0.15) is 5.26 Å². The van der Waals surface area contributed by atoms with Crippen LogP contribution in [0, 0.1) is 36.0 Å². The Hall–Kier alpha value is -5.06. The lowest BCUT2D eigenvalue weighted by atomic mass is 9.81. The normalized spacial score (nSPS) is 23.5. The van der Waals surface area contributed by atoms with E-state index in [-0.39, 0.29) is 17.9 Å². The Morgan fingerprint density at radius 3 is 2.56 bits per heavy atom. The zero-order valence-electron chi connectivity index (χ0n) is 32.2. The second-order valence-electron chi connectivity index (χ2n) is 16.5. The summed E-state index contributed by atoms with van der Waals surface area (Å²) in [7, 11) is 1.88. The number of fused-ring (bicyclic) bond motifs is 4. The Bertz CT molecular complexity index is 2440. The van der Waals surface area contributed by atoms with E-state index in [1.54, 1.807) is 6.07 Å². The van der Waals surface area contributed by atoms with Gasteiger partial charge in [-0.1, -0.05) is 35.9 Å². The monoisotopic (exact) mass is 787 g/mol. The molecule has 9 rings (SSSR count). The number of carbonyl (C=O) groups excluding carboxylic acids is 1. The maximum absolute atomic E-state index is 13.8. The summed E-state index contributed by atoms with van der Waals surface area (Å²) in [4.78, 5) is 39.6. The molecule has 2 aromatic heterocycles. The molecular formula is C44H46ClN7O5. The summed E-state index contributed by atoms with van der Waals surface area (Å²) in [6.45, 7) is 5.98. The first-order valence-electron chi connectivity index (χ1n) is 20.0. The molecule has 57 heavy (non-hydrogen) atoms. The number of piperidine rings is 1. The minimum Gasteiger partial charge on any atom is -0.481 e. The highest BCUT2D eigenvalue weighted by Gasteiger charge is 2.43. The third kappa shape index (κ3) is 7.01. The number of nitrogens with zero attached hydrogens (tertiary/aromatic N) is 6. The first-order chi connectivity index (χ1) is 27.5. The smallest absolute Gasteiger partial charge is 0.306 e. The Morgan fingerprint density at radius 2 is 1.82 bits per heavy atom. The largest absolute Gasteiger partial charge is 0.481 e. The number of nitrogens with one attached hydrogen (secondary N) is 1. The minimum atomic E-state index is -0.682. The number of aromatic nitrogens is 3. The van der Waals surface area contributed by atoms with Gasteiger partial charge in [0.25, 0.3) is 5.91 Å². The summed E-state index contributed by atoms with van der Waals surface area (Å²) in [6, 6.07) is 18.0. The van der Waals surface area contributed by atoms with Crippen molar-refractivity contribution in [3.8, 4) is 28.7 Å². The van der Waals surface area contributed by atoms with Crippen LogP contribution in [0.4, 0.5) is 5.69 Å². The second kappa shape index (κ2) is 15.0. The van der Waals surface area contributed by atoms with E-state index in [9.17, 15) is 25.1 Å². The van der Waals surface area contributed by atoms with Crippen molar-refractivity contribution in [3.63, 3.8) is 0 Å². The zero-order valence-corrected chi connectivity index (χ0v) is 32.9. The van der Waals surface area contributed by atoms with Crippen molar-refractivity contribution in [2.45, 2.75) is 77.1 Å². The Kier molecular flexibility index (Phi) is 9.89. The fraction of sp³-hybridized carbons (Fsp3) is 0.432. The predicted octanol–water partition coefficient (Wildman–Crippen LogP) is 7.19. The number of halogens is 1. The summed E-state index contributed by atoms with van der Waals surface area (Å²) >= 11 is 7.07. The van der Waals surface area contributed by atoms with E-state index in [0.717, 1.165) is 104 Å². The number of amides is 1. The molecule has 2 aliphatic heterocycles. The number of likely N-dealkylation sites (tertiary alicyclic amines) is 1. The molecule has 1 saturated heterocycles. The fourth-order valence-corrected chi connectivity index (χ4v) is 10.2. The standard InChI is InChI=1S/C44H46ClN7O5/c1-24-31(5-3-6-32(24)43-49-35-16-26(15-28(19-46)40(35)57-43)21-52-22-29-17-30(52)18-38(29)53)33-7-4-8-34(39(33)45)48-42(54)41-47-36-23-51(14-13-37(36)50(41)2)20-25-9-11-27(12-10-25)44(55)56/h3-8,15-16,25,27,29-30,38,53H,9-14,17-18,20-23H2,1-2H3,(H,48,54)(H,55,56). The molecule has 3 atom stereocenters. The van der Waals surface area contributed by atoms with Gasteiger partial charge in [0, 0.05) is 69.1 Å². The summed E-state index contributed by atoms with van der Waals surface area (Å²) in [5.74, 6) is 0.284. The highest BCUT2D eigenvalue weighted by atomic mass is 35.5. The first-order valence-corrected chi connectivity index (χ1v) is 20.4. The molecule has 0 spiro atoms. The summed E-state index contributed by atoms with van der Waals surface area (Å²) < 4.78 is 8.17. The van der Waals surface area contributed by atoms with E-state index in [1.807, 2.05) is 61.0 Å². The van der Waals surface area contributed by atoms with Gasteiger partial charge in [0.2, 0.25) is 5.89 Å². The fourth-order valence-electron chi connectivity index (χ4n) is 9.90. The van der Waals surface area contributed by atoms with Gasteiger partial charge in [0.15, 0.2) is 11.4 Å². The zero-order chi connectivity index (χ0) is 39.5. The molecule has 3 aromatic carbocycles. The third-order valence-electron chi connectivity index (χ3n) is 13.0. The molecular weight excluding hydrogens is 742 g/mol. The molecule has 2 aliphatic carbocycles. The van der Waals surface area contributed by atoms with E-state index in [1.165, 1.54) is 0 Å². The van der Waals surface area contributed by atoms with Crippen molar-refractivity contribution in [1.29, 1.82) is 5.26 Å². The molecule has 3 unspecified atom stereocenters. The third-order valence-corrected chi connectivity index (χ3v) is 13.4. The second-order valence-corrected chi connectivity index (χ2v) is 16.9. The van der Waals surface area contributed by atoms with E-state index < -0.39 is 5.97 Å². The highest BCUT2D eigenvalue weighted by molar-refractivity contribution is 6.36. The predicted molar refractivity (Wildman–Crippen MR) is 215 cm³/mol. The van der Waals surface area contributed by atoms with Crippen LogP contribution < -0.4 is 5.32 Å². The number of oxazole rings is 1. The van der Waals surface area contributed by atoms with Gasteiger partial charge in [-0.15, -0.1) is 0 Å². The van der Waals surface area contributed by atoms with Crippen LogP contribution in [-0.2, 0) is 31.4 Å². The van der Waals surface area contributed by atoms with Crippen LogP contribution in [0.2, 0.25) is 5.02 Å². The Morgan fingerprint density at radius 1 is 1.05 bits per heavy atom. The molecule has 294 valence electrons. The molecule has 3 N–H and O–H groups in total. The van der Waals surface area contributed by atoms with Crippen LogP contribution in [-0.4, -0.2) is 78.2 Å². The molecule has 2 bridgehead atoms. The topological polar surface area (TPSA) is 161 Å². The van der Waals surface area contributed by atoms with Crippen molar-refractivity contribution in [2.75, 3.05) is 25.0 Å². The van der Waals surface area contributed by atoms with Gasteiger partial charge < -0.3 is 24.5 Å². The minimum absolute atomic E-state index is 0.210. The van der Waals surface area contributed by atoms with Crippen LogP contribution in [0.5, 0.6) is 0 Å². The molecule has 12 nitrogen and oxygen atoms in total. The Labute approximate surface area is 336 Å². The number of hydrogen-bond donors (Lipinski definition) is 3. The van der Waals surface area contributed by atoms with Gasteiger partial charge >= 0.3 is 5.97 Å². The molecule has 13 heteroatoms. The first kappa shape index (κ1) is 37.5. The van der Waals surface area contributed by atoms with Crippen LogP contribution in [0.25, 0.3) is 33.7 Å². The molecule has 4 heterocycles. The number of benzene rings is 3. The van der Waals surface area contributed by atoms with E-state index in [0.29, 0.717) is 70.1 Å². The number of anilines is 1. The molecule has 3 fully saturated rings. The summed E-state index contributed by atoms with van der Waals surface area (Å²) in [6.07, 6.45) is 5.71. The van der Waals surface area contributed by atoms with Crippen molar-refractivity contribution >= 4 is 40.3 Å². The number of carbonyl (C=O) groups is 2. The summed E-state index contributed by atoms with van der Waals surface area (Å²) in [5, 5.41) is 33.1. The maximum Gasteiger partial charge on any atom is 0.306 e. The summed E-state index contributed by atoms with van der Waals surface area (Å²) in [5.41, 5.74) is 8.18. The van der Waals surface area contributed by atoms with Crippen molar-refractivity contribution in [3.05, 3.63) is 87.5 Å². The van der Waals surface area contributed by atoms with Gasteiger partial charge in [0.1, 0.15) is 11.6 Å². The number of carboxylic acid groups (broad SMARTS) is 1. The quantitative estimate of drug-likeness (QED) is 0.140. The van der Waals surface area contributed by atoms with Gasteiger partial charge in [-0.3, -0.25) is 19.4 Å². The van der Waals surface area contributed by atoms with Crippen molar-refractivity contribution in [1.82, 2.24) is 24.3 Å². The lowest BCUT2D eigenvalue weighted by Crippen LogP contribution is -2.36.